The van der Waals surface area contributed by atoms with Crippen LogP contribution in [0.15, 0.2) is 29.3 Å². The number of hydrogen-bond donors (Lipinski definition) is 1. The molecule has 0 unspecified atom stereocenters. The molecule has 0 atom stereocenters. The topological polar surface area (TPSA) is 82.1 Å². The van der Waals surface area contributed by atoms with Crippen LogP contribution in [0.5, 0.6) is 0 Å². The molecule has 1 fully saturated rings. The van der Waals surface area contributed by atoms with Crippen molar-refractivity contribution in [2.45, 2.75) is 19.8 Å². The number of halogens is 1. The zero-order valence-electron chi connectivity index (χ0n) is 16.5. The van der Waals surface area contributed by atoms with E-state index in [1.807, 2.05) is 30.0 Å². The number of guanidine groups is 1. The van der Waals surface area contributed by atoms with Gasteiger partial charge in [0.2, 0.25) is 5.91 Å². The van der Waals surface area contributed by atoms with E-state index >= 15 is 0 Å². The summed E-state index contributed by atoms with van der Waals surface area (Å²) in [5, 5.41) is 3.89. The standard InChI is InChI=1S/C19H29ClN4O3S/c1-3-21-19(22-8-5-13-28(2,26)27)24-11-9-23(10-12-24)18(25)15-16-6-4-7-17(20)14-16/h4,6-7,14H,3,5,8-13,15H2,1-2H3,(H,21,22). The number of carbonyl (C=O) groups excluding carboxylic acids is 1. The molecule has 1 aliphatic heterocycles. The van der Waals surface area contributed by atoms with Gasteiger partial charge in [-0.2, -0.15) is 0 Å². The first-order valence-electron chi connectivity index (χ1n) is 9.51. The van der Waals surface area contributed by atoms with Crippen LogP contribution in [0.2, 0.25) is 5.02 Å². The predicted octanol–water partition coefficient (Wildman–Crippen LogP) is 1.43. The lowest BCUT2D eigenvalue weighted by Gasteiger charge is -2.36. The normalized spacial score (nSPS) is 15.6. The highest BCUT2D eigenvalue weighted by molar-refractivity contribution is 7.90. The lowest BCUT2D eigenvalue weighted by molar-refractivity contribution is -0.131. The quantitative estimate of drug-likeness (QED) is 0.403. The Labute approximate surface area is 172 Å². The summed E-state index contributed by atoms with van der Waals surface area (Å²) in [6.45, 7) is 5.84. The minimum Gasteiger partial charge on any atom is -0.357 e. The summed E-state index contributed by atoms with van der Waals surface area (Å²) in [4.78, 5) is 21.1. The summed E-state index contributed by atoms with van der Waals surface area (Å²) in [6.07, 6.45) is 2.09. The number of nitrogens with one attached hydrogen (secondary N) is 1. The van der Waals surface area contributed by atoms with E-state index in [-0.39, 0.29) is 11.7 Å². The van der Waals surface area contributed by atoms with E-state index < -0.39 is 9.84 Å². The third-order valence-electron chi connectivity index (χ3n) is 4.45. The van der Waals surface area contributed by atoms with Gasteiger partial charge in [0, 0.05) is 50.5 Å². The van der Waals surface area contributed by atoms with E-state index in [4.69, 9.17) is 11.6 Å². The first-order chi connectivity index (χ1) is 13.3. The average Bonchev–Trinajstić information content (AvgIpc) is 2.63. The average molecular weight is 429 g/mol. The third-order valence-corrected chi connectivity index (χ3v) is 5.71. The number of hydrogen-bond acceptors (Lipinski definition) is 4. The molecule has 0 saturated carbocycles. The van der Waals surface area contributed by atoms with Crippen LogP contribution in [0.3, 0.4) is 0 Å². The van der Waals surface area contributed by atoms with Crippen LogP contribution in [-0.4, -0.2) is 81.4 Å². The fraction of sp³-hybridized carbons (Fsp3) is 0.579. The molecule has 1 saturated heterocycles. The number of sulfone groups is 1. The maximum atomic E-state index is 12.5. The number of benzene rings is 1. The van der Waals surface area contributed by atoms with Crippen molar-refractivity contribution in [3.63, 3.8) is 0 Å². The van der Waals surface area contributed by atoms with Gasteiger partial charge in [0.15, 0.2) is 5.96 Å². The van der Waals surface area contributed by atoms with Gasteiger partial charge < -0.3 is 15.1 Å². The summed E-state index contributed by atoms with van der Waals surface area (Å²) in [5.41, 5.74) is 0.917. The summed E-state index contributed by atoms with van der Waals surface area (Å²) in [7, 11) is -2.96. The van der Waals surface area contributed by atoms with Crippen molar-refractivity contribution >= 4 is 33.3 Å². The molecular formula is C19H29ClN4O3S. The molecule has 1 heterocycles. The van der Waals surface area contributed by atoms with Gasteiger partial charge in [-0.15, -0.1) is 0 Å². The van der Waals surface area contributed by atoms with Gasteiger partial charge >= 0.3 is 0 Å². The Morgan fingerprint density at radius 3 is 2.50 bits per heavy atom. The summed E-state index contributed by atoms with van der Waals surface area (Å²) >= 11 is 5.99. The summed E-state index contributed by atoms with van der Waals surface area (Å²) < 4.78 is 22.5. The van der Waals surface area contributed by atoms with E-state index in [2.05, 4.69) is 15.2 Å². The maximum absolute atomic E-state index is 12.5. The molecule has 0 bridgehead atoms. The van der Waals surface area contributed by atoms with E-state index in [9.17, 15) is 13.2 Å². The van der Waals surface area contributed by atoms with Gasteiger partial charge in [-0.05, 0) is 31.0 Å². The number of amides is 1. The molecule has 0 aliphatic carbocycles. The SMILES string of the molecule is CCNC(=NCCCS(C)(=O)=O)N1CCN(C(=O)Cc2cccc(Cl)c2)CC1. The fourth-order valence-corrected chi connectivity index (χ4v) is 3.90. The van der Waals surface area contributed by atoms with Crippen molar-refractivity contribution in [2.75, 3.05) is 51.3 Å². The molecule has 1 aromatic carbocycles. The Bertz CT molecular complexity index is 790. The van der Waals surface area contributed by atoms with E-state index in [1.165, 1.54) is 6.26 Å². The molecule has 1 aromatic rings. The van der Waals surface area contributed by atoms with Crippen molar-refractivity contribution in [3.05, 3.63) is 34.9 Å². The molecule has 28 heavy (non-hydrogen) atoms. The lowest BCUT2D eigenvalue weighted by atomic mass is 10.1. The van der Waals surface area contributed by atoms with Gasteiger partial charge in [-0.1, -0.05) is 23.7 Å². The van der Waals surface area contributed by atoms with Crippen molar-refractivity contribution in [1.29, 1.82) is 0 Å². The smallest absolute Gasteiger partial charge is 0.227 e. The first-order valence-corrected chi connectivity index (χ1v) is 12.0. The molecular weight excluding hydrogens is 400 g/mol. The Kier molecular flexibility index (Phi) is 8.57. The zero-order chi connectivity index (χ0) is 20.6. The molecule has 7 nitrogen and oxygen atoms in total. The second kappa shape index (κ2) is 10.7. The van der Waals surface area contributed by atoms with Crippen LogP contribution < -0.4 is 5.32 Å². The second-order valence-corrected chi connectivity index (χ2v) is 9.59. The highest BCUT2D eigenvalue weighted by atomic mass is 35.5. The molecule has 9 heteroatoms. The van der Waals surface area contributed by atoms with Gasteiger partial charge in [0.1, 0.15) is 9.84 Å². The number of rotatable bonds is 7. The molecule has 0 radical (unpaired) electrons. The van der Waals surface area contributed by atoms with Gasteiger partial charge in [0.25, 0.3) is 0 Å². The van der Waals surface area contributed by atoms with Crippen LogP contribution in [0.4, 0.5) is 0 Å². The Balaban J connectivity index is 1.86. The molecule has 1 amide bonds. The fourth-order valence-electron chi connectivity index (χ4n) is 3.04. The Morgan fingerprint density at radius 1 is 1.21 bits per heavy atom. The number of piperazine rings is 1. The van der Waals surface area contributed by atoms with Crippen molar-refractivity contribution in [3.8, 4) is 0 Å². The Morgan fingerprint density at radius 2 is 1.89 bits per heavy atom. The first kappa shape index (κ1) is 22.5. The van der Waals surface area contributed by atoms with Crippen LogP contribution in [0.25, 0.3) is 0 Å². The van der Waals surface area contributed by atoms with Crippen LogP contribution in [-0.2, 0) is 21.1 Å². The second-order valence-electron chi connectivity index (χ2n) is 6.89. The van der Waals surface area contributed by atoms with Crippen LogP contribution in [0.1, 0.15) is 18.9 Å². The van der Waals surface area contributed by atoms with Crippen molar-refractivity contribution < 1.29 is 13.2 Å². The van der Waals surface area contributed by atoms with Gasteiger partial charge in [-0.25, -0.2) is 8.42 Å². The predicted molar refractivity (Wildman–Crippen MR) is 114 cm³/mol. The largest absolute Gasteiger partial charge is 0.357 e. The van der Waals surface area contributed by atoms with E-state index in [0.29, 0.717) is 50.6 Å². The van der Waals surface area contributed by atoms with Crippen LogP contribution in [0, 0.1) is 0 Å². The minimum atomic E-state index is -2.96. The number of aliphatic imine (C=N–C) groups is 1. The maximum Gasteiger partial charge on any atom is 0.227 e. The minimum absolute atomic E-state index is 0.0945. The van der Waals surface area contributed by atoms with Gasteiger partial charge in [-0.3, -0.25) is 9.79 Å². The third kappa shape index (κ3) is 7.67. The monoisotopic (exact) mass is 428 g/mol. The molecule has 1 aliphatic rings. The van der Waals surface area contributed by atoms with Crippen molar-refractivity contribution in [1.82, 2.24) is 15.1 Å². The Hall–Kier alpha value is -1.80. The lowest BCUT2D eigenvalue weighted by Crippen LogP contribution is -2.54. The zero-order valence-corrected chi connectivity index (χ0v) is 18.1. The molecule has 0 spiro atoms. The number of nitrogens with zero attached hydrogens (tertiary/aromatic N) is 3. The number of carbonyl (C=O) groups is 1. The van der Waals surface area contributed by atoms with Gasteiger partial charge in [0.05, 0.1) is 12.2 Å². The molecule has 2 rings (SSSR count). The summed E-state index contributed by atoms with van der Waals surface area (Å²) in [5.74, 6) is 1.01. The van der Waals surface area contributed by atoms with E-state index in [0.717, 1.165) is 18.1 Å². The molecule has 156 valence electrons. The molecule has 0 aromatic heterocycles. The summed E-state index contributed by atoms with van der Waals surface area (Å²) in [6, 6.07) is 7.38. The highest BCUT2D eigenvalue weighted by Gasteiger charge is 2.23. The van der Waals surface area contributed by atoms with E-state index in [1.54, 1.807) is 6.07 Å². The molecule has 1 N–H and O–H groups in total. The highest BCUT2D eigenvalue weighted by Crippen LogP contribution is 2.13. The van der Waals surface area contributed by atoms with Crippen molar-refractivity contribution in [2.24, 2.45) is 4.99 Å². The van der Waals surface area contributed by atoms with Crippen LogP contribution >= 0.6 is 11.6 Å².